The van der Waals surface area contributed by atoms with Crippen LogP contribution in [0.2, 0.25) is 0 Å². The predicted molar refractivity (Wildman–Crippen MR) is 88.6 cm³/mol. The fourth-order valence-corrected chi connectivity index (χ4v) is 2.48. The van der Waals surface area contributed by atoms with Crippen molar-refractivity contribution in [3.05, 3.63) is 71.3 Å². The lowest BCUT2D eigenvalue weighted by molar-refractivity contribution is 0.0473. The van der Waals surface area contributed by atoms with Crippen LogP contribution in [0.5, 0.6) is 0 Å². The molecule has 0 radical (unpaired) electrons. The van der Waals surface area contributed by atoms with Gasteiger partial charge < -0.3 is 4.74 Å². The van der Waals surface area contributed by atoms with Gasteiger partial charge in [0.05, 0.1) is 5.56 Å². The van der Waals surface area contributed by atoms with Gasteiger partial charge in [-0.3, -0.25) is 5.10 Å². The Labute approximate surface area is 142 Å². The Morgan fingerprint density at radius 2 is 1.80 bits per heavy atom. The number of hydrogen-bond donors (Lipinski definition) is 2. The second-order valence-electron chi connectivity index (χ2n) is 5.53. The molecule has 0 atom stereocenters. The van der Waals surface area contributed by atoms with Crippen LogP contribution in [0.15, 0.2) is 48.8 Å². The molecule has 4 aromatic rings. The monoisotopic (exact) mass is 334 g/mol. The third-order valence-corrected chi connectivity index (χ3v) is 3.78. The number of ether oxygens (including phenoxy) is 1. The standard InChI is InChI=1S/C17H14N6O2/c24-17(25-9-12-3-6-14-15(7-12)21-23-20-14)13-4-1-11(2-5-13)8-16-18-10-19-22-16/h1-7,10H,8-9H2,(H,18,19,22)(H,20,21,23). The topological polar surface area (TPSA) is 109 Å². The van der Waals surface area contributed by atoms with E-state index in [4.69, 9.17) is 4.74 Å². The number of aromatic nitrogens is 6. The highest BCUT2D eigenvalue weighted by Gasteiger charge is 2.09. The van der Waals surface area contributed by atoms with E-state index in [9.17, 15) is 4.79 Å². The largest absolute Gasteiger partial charge is 0.457 e. The second kappa shape index (κ2) is 6.52. The number of H-pyrrole nitrogens is 2. The Balaban J connectivity index is 1.38. The van der Waals surface area contributed by atoms with Crippen molar-refractivity contribution in [1.29, 1.82) is 0 Å². The molecule has 0 aliphatic rings. The van der Waals surface area contributed by atoms with Gasteiger partial charge in [0, 0.05) is 6.42 Å². The number of fused-ring (bicyclic) bond motifs is 1. The number of hydrogen-bond acceptors (Lipinski definition) is 6. The summed E-state index contributed by atoms with van der Waals surface area (Å²) in [6, 6.07) is 12.8. The molecule has 8 nitrogen and oxygen atoms in total. The molecule has 0 unspecified atom stereocenters. The van der Waals surface area contributed by atoms with Crippen molar-refractivity contribution < 1.29 is 9.53 Å². The lowest BCUT2D eigenvalue weighted by atomic mass is 10.1. The minimum absolute atomic E-state index is 0.182. The third kappa shape index (κ3) is 3.37. The molecule has 0 aliphatic carbocycles. The molecule has 2 aromatic heterocycles. The Hall–Kier alpha value is -3.55. The molecule has 2 N–H and O–H groups in total. The maximum Gasteiger partial charge on any atom is 0.338 e. The van der Waals surface area contributed by atoms with Crippen molar-refractivity contribution >= 4 is 17.0 Å². The maximum atomic E-state index is 12.2. The van der Waals surface area contributed by atoms with Crippen LogP contribution in [-0.2, 0) is 17.8 Å². The van der Waals surface area contributed by atoms with Crippen LogP contribution in [0.4, 0.5) is 0 Å². The summed E-state index contributed by atoms with van der Waals surface area (Å²) >= 11 is 0. The number of aromatic amines is 2. The number of nitrogens with zero attached hydrogens (tertiary/aromatic N) is 4. The van der Waals surface area contributed by atoms with Crippen molar-refractivity contribution in [1.82, 2.24) is 30.6 Å². The molecule has 2 aromatic carbocycles. The maximum absolute atomic E-state index is 12.2. The van der Waals surface area contributed by atoms with Crippen molar-refractivity contribution in [3.63, 3.8) is 0 Å². The minimum Gasteiger partial charge on any atom is -0.457 e. The molecular formula is C17H14N6O2. The van der Waals surface area contributed by atoms with E-state index >= 15 is 0 Å². The molecule has 0 amide bonds. The van der Waals surface area contributed by atoms with Crippen molar-refractivity contribution in [2.75, 3.05) is 0 Å². The molecule has 0 fully saturated rings. The molecule has 8 heteroatoms. The summed E-state index contributed by atoms with van der Waals surface area (Å²) in [5.41, 5.74) is 3.91. The van der Waals surface area contributed by atoms with E-state index in [0.29, 0.717) is 12.0 Å². The molecule has 124 valence electrons. The lowest BCUT2D eigenvalue weighted by Crippen LogP contribution is -2.05. The summed E-state index contributed by atoms with van der Waals surface area (Å²) in [7, 11) is 0. The highest BCUT2D eigenvalue weighted by atomic mass is 16.5. The average molecular weight is 334 g/mol. The van der Waals surface area contributed by atoms with Gasteiger partial charge in [0.2, 0.25) is 0 Å². The molecular weight excluding hydrogens is 320 g/mol. The first kappa shape index (κ1) is 15.0. The van der Waals surface area contributed by atoms with E-state index < -0.39 is 0 Å². The minimum atomic E-state index is -0.369. The fraction of sp³-hybridized carbons (Fsp3) is 0.118. The van der Waals surface area contributed by atoms with E-state index in [-0.39, 0.29) is 12.6 Å². The van der Waals surface area contributed by atoms with Gasteiger partial charge in [0.1, 0.15) is 29.8 Å². The summed E-state index contributed by atoms with van der Waals surface area (Å²) in [5.74, 6) is 0.407. The molecule has 0 bridgehead atoms. The smallest absolute Gasteiger partial charge is 0.338 e. The summed E-state index contributed by atoms with van der Waals surface area (Å²) in [4.78, 5) is 16.3. The van der Waals surface area contributed by atoms with E-state index in [1.807, 2.05) is 30.3 Å². The van der Waals surface area contributed by atoms with Crippen LogP contribution in [0.3, 0.4) is 0 Å². The number of rotatable bonds is 5. The van der Waals surface area contributed by atoms with Crippen molar-refractivity contribution in [2.45, 2.75) is 13.0 Å². The molecule has 2 heterocycles. The van der Waals surface area contributed by atoms with E-state index in [0.717, 1.165) is 28.0 Å². The van der Waals surface area contributed by atoms with Crippen LogP contribution in [0, 0.1) is 0 Å². The van der Waals surface area contributed by atoms with E-state index in [2.05, 4.69) is 30.6 Å². The number of benzene rings is 2. The first-order valence-corrected chi connectivity index (χ1v) is 7.68. The van der Waals surface area contributed by atoms with Gasteiger partial charge in [0.15, 0.2) is 0 Å². The van der Waals surface area contributed by atoms with Crippen LogP contribution in [-0.4, -0.2) is 36.6 Å². The Morgan fingerprint density at radius 3 is 2.60 bits per heavy atom. The fourth-order valence-electron chi connectivity index (χ4n) is 2.48. The number of carbonyl (C=O) groups is 1. The van der Waals surface area contributed by atoms with Gasteiger partial charge in [-0.05, 0) is 35.4 Å². The van der Waals surface area contributed by atoms with Crippen LogP contribution in [0.25, 0.3) is 11.0 Å². The quantitative estimate of drug-likeness (QED) is 0.540. The van der Waals surface area contributed by atoms with E-state index in [1.165, 1.54) is 6.33 Å². The number of carbonyl (C=O) groups excluding carboxylic acids is 1. The van der Waals surface area contributed by atoms with Gasteiger partial charge in [-0.25, -0.2) is 9.78 Å². The van der Waals surface area contributed by atoms with Gasteiger partial charge in [-0.1, -0.05) is 18.2 Å². The zero-order chi connectivity index (χ0) is 17.1. The SMILES string of the molecule is O=C(OCc1ccc2n[nH]nc2c1)c1ccc(Cc2ncn[nH]2)cc1. The Kier molecular flexibility index (Phi) is 3.91. The average Bonchev–Trinajstić information content (AvgIpc) is 3.31. The summed E-state index contributed by atoms with van der Waals surface area (Å²) in [6.45, 7) is 0.182. The Morgan fingerprint density at radius 1 is 1.00 bits per heavy atom. The highest BCUT2D eigenvalue weighted by Crippen LogP contribution is 2.13. The first-order chi connectivity index (χ1) is 12.3. The number of esters is 1. The predicted octanol–water partition coefficient (Wildman–Crippen LogP) is 2.02. The summed E-state index contributed by atoms with van der Waals surface area (Å²) in [6.07, 6.45) is 2.10. The number of nitrogens with one attached hydrogen (secondary N) is 2. The van der Waals surface area contributed by atoms with Crippen LogP contribution >= 0.6 is 0 Å². The third-order valence-electron chi connectivity index (χ3n) is 3.78. The summed E-state index contributed by atoms with van der Waals surface area (Å²) < 4.78 is 5.36. The molecule has 0 aliphatic heterocycles. The first-order valence-electron chi connectivity index (χ1n) is 7.68. The molecule has 25 heavy (non-hydrogen) atoms. The second-order valence-corrected chi connectivity index (χ2v) is 5.53. The van der Waals surface area contributed by atoms with Gasteiger partial charge in [-0.15, -0.1) is 0 Å². The van der Waals surface area contributed by atoms with Crippen LogP contribution in [0.1, 0.15) is 27.3 Å². The molecule has 0 saturated heterocycles. The zero-order valence-electron chi connectivity index (χ0n) is 13.1. The molecule has 0 spiro atoms. The van der Waals surface area contributed by atoms with Crippen molar-refractivity contribution in [2.24, 2.45) is 0 Å². The van der Waals surface area contributed by atoms with Gasteiger partial charge in [0.25, 0.3) is 0 Å². The molecule has 0 saturated carbocycles. The summed E-state index contributed by atoms with van der Waals surface area (Å²) in [5, 5.41) is 17.2. The van der Waals surface area contributed by atoms with Gasteiger partial charge in [-0.2, -0.15) is 20.5 Å². The highest BCUT2D eigenvalue weighted by molar-refractivity contribution is 5.89. The van der Waals surface area contributed by atoms with Gasteiger partial charge >= 0.3 is 5.97 Å². The van der Waals surface area contributed by atoms with Crippen molar-refractivity contribution in [3.8, 4) is 0 Å². The normalized spacial score (nSPS) is 10.9. The van der Waals surface area contributed by atoms with Crippen LogP contribution < -0.4 is 0 Å². The zero-order valence-corrected chi connectivity index (χ0v) is 13.1. The Bertz CT molecular complexity index is 992. The lowest BCUT2D eigenvalue weighted by Gasteiger charge is -2.06. The molecule has 4 rings (SSSR count). The van der Waals surface area contributed by atoms with E-state index in [1.54, 1.807) is 12.1 Å².